The van der Waals surface area contributed by atoms with Crippen LogP contribution in [0.4, 0.5) is 0 Å². The fourth-order valence-corrected chi connectivity index (χ4v) is 2.64. The predicted octanol–water partition coefficient (Wildman–Crippen LogP) is 2.95. The summed E-state index contributed by atoms with van der Waals surface area (Å²) in [6, 6.07) is 4.22. The summed E-state index contributed by atoms with van der Waals surface area (Å²) in [5.74, 6) is 1.26. The molecule has 0 saturated heterocycles. The van der Waals surface area contributed by atoms with Crippen molar-refractivity contribution in [3.63, 3.8) is 0 Å². The van der Waals surface area contributed by atoms with Crippen LogP contribution >= 0.6 is 11.3 Å². The van der Waals surface area contributed by atoms with E-state index in [1.54, 1.807) is 11.3 Å². The van der Waals surface area contributed by atoms with Crippen LogP contribution in [0.1, 0.15) is 18.7 Å². The lowest BCUT2D eigenvalue weighted by atomic mass is 10.2. The van der Waals surface area contributed by atoms with Crippen LogP contribution in [0.15, 0.2) is 23.7 Å². The monoisotopic (exact) mass is 204 g/mol. The van der Waals surface area contributed by atoms with E-state index in [1.165, 1.54) is 23.5 Å². The van der Waals surface area contributed by atoms with Crippen LogP contribution in [0.2, 0.25) is 0 Å². The smallest absolute Gasteiger partial charge is 0.109 e. The Labute approximate surface area is 87.2 Å². The highest BCUT2D eigenvalue weighted by Crippen LogP contribution is 2.25. The Morgan fingerprint density at radius 1 is 1.36 bits per heavy atom. The van der Waals surface area contributed by atoms with Gasteiger partial charge >= 0.3 is 0 Å². The number of imidazole rings is 1. The number of hydrogen-bond donors (Lipinski definition) is 0. The molecule has 2 aromatic heterocycles. The summed E-state index contributed by atoms with van der Waals surface area (Å²) in [6.45, 7) is 1.15. The number of fused-ring (bicyclic) bond motifs is 1. The average molecular weight is 204 g/mol. The van der Waals surface area contributed by atoms with Gasteiger partial charge in [-0.1, -0.05) is 6.07 Å². The molecule has 0 amide bonds. The standard InChI is InChI=1S/C11H12N2S/c1-2-6-13-8-9(12-11(13)5-1)10-4-3-7-14-10/h3-4,7-8H,1-2,5-6H2. The zero-order chi connectivity index (χ0) is 9.38. The Bertz CT molecular complexity index is 405. The van der Waals surface area contributed by atoms with E-state index in [2.05, 4.69) is 33.3 Å². The Morgan fingerprint density at radius 3 is 3.14 bits per heavy atom. The number of aromatic nitrogens is 2. The minimum absolute atomic E-state index is 1.14. The quantitative estimate of drug-likeness (QED) is 0.698. The van der Waals surface area contributed by atoms with Crippen LogP contribution < -0.4 is 0 Å². The maximum atomic E-state index is 4.67. The third-order valence-corrected chi connectivity index (χ3v) is 3.57. The van der Waals surface area contributed by atoms with Crippen molar-refractivity contribution in [2.75, 3.05) is 0 Å². The topological polar surface area (TPSA) is 17.8 Å². The van der Waals surface area contributed by atoms with Gasteiger partial charge in [-0.15, -0.1) is 11.3 Å². The lowest BCUT2D eigenvalue weighted by Crippen LogP contribution is -2.08. The van der Waals surface area contributed by atoms with Crippen molar-refractivity contribution in [3.05, 3.63) is 29.5 Å². The molecule has 0 aliphatic carbocycles. The van der Waals surface area contributed by atoms with Crippen LogP contribution in [0.5, 0.6) is 0 Å². The highest BCUT2D eigenvalue weighted by atomic mass is 32.1. The maximum Gasteiger partial charge on any atom is 0.109 e. The van der Waals surface area contributed by atoms with Crippen LogP contribution in [0.25, 0.3) is 10.6 Å². The summed E-state index contributed by atoms with van der Waals surface area (Å²) >= 11 is 1.76. The molecule has 3 heteroatoms. The average Bonchev–Trinajstić information content (AvgIpc) is 2.86. The summed E-state index contributed by atoms with van der Waals surface area (Å²) in [5, 5.41) is 2.10. The van der Waals surface area contributed by atoms with Gasteiger partial charge in [0.25, 0.3) is 0 Å². The van der Waals surface area contributed by atoms with E-state index in [0.717, 1.165) is 18.7 Å². The van der Waals surface area contributed by atoms with Crippen molar-refractivity contribution in [2.24, 2.45) is 0 Å². The molecule has 0 aromatic carbocycles. The van der Waals surface area contributed by atoms with Crippen molar-refractivity contribution in [1.82, 2.24) is 9.55 Å². The second-order valence-corrected chi connectivity index (χ2v) is 4.62. The minimum atomic E-state index is 1.14. The zero-order valence-electron chi connectivity index (χ0n) is 7.94. The molecule has 0 atom stereocenters. The molecule has 0 saturated carbocycles. The van der Waals surface area contributed by atoms with E-state index >= 15 is 0 Å². The van der Waals surface area contributed by atoms with Crippen LogP contribution in [-0.4, -0.2) is 9.55 Å². The third kappa shape index (κ3) is 1.28. The third-order valence-electron chi connectivity index (χ3n) is 2.68. The van der Waals surface area contributed by atoms with Crippen LogP contribution in [-0.2, 0) is 13.0 Å². The van der Waals surface area contributed by atoms with Gasteiger partial charge in [0.05, 0.1) is 10.6 Å². The second kappa shape index (κ2) is 3.24. The molecule has 0 N–H and O–H groups in total. The van der Waals surface area contributed by atoms with E-state index in [-0.39, 0.29) is 0 Å². The number of nitrogens with zero attached hydrogens (tertiary/aromatic N) is 2. The van der Waals surface area contributed by atoms with E-state index in [1.807, 2.05) is 0 Å². The van der Waals surface area contributed by atoms with Gasteiger partial charge in [-0.2, -0.15) is 0 Å². The number of aryl methyl sites for hydroxylation is 2. The first-order valence-electron chi connectivity index (χ1n) is 5.03. The number of rotatable bonds is 1. The van der Waals surface area contributed by atoms with E-state index in [0.29, 0.717) is 0 Å². The molecule has 0 radical (unpaired) electrons. The highest BCUT2D eigenvalue weighted by Gasteiger charge is 2.13. The SMILES string of the molecule is c1csc(-c2cn3c(n2)CCCC3)c1. The summed E-state index contributed by atoms with van der Waals surface area (Å²) in [4.78, 5) is 5.95. The first kappa shape index (κ1) is 8.24. The molecule has 14 heavy (non-hydrogen) atoms. The van der Waals surface area contributed by atoms with Gasteiger partial charge in [0, 0.05) is 19.2 Å². The molecule has 3 rings (SSSR count). The van der Waals surface area contributed by atoms with Crippen molar-refractivity contribution < 1.29 is 0 Å². The first-order chi connectivity index (χ1) is 6.93. The van der Waals surface area contributed by atoms with E-state index in [4.69, 9.17) is 0 Å². The van der Waals surface area contributed by atoms with E-state index in [9.17, 15) is 0 Å². The molecule has 1 aliphatic heterocycles. The molecular weight excluding hydrogens is 192 g/mol. The van der Waals surface area contributed by atoms with Gasteiger partial charge < -0.3 is 4.57 Å². The van der Waals surface area contributed by atoms with Gasteiger partial charge in [-0.05, 0) is 24.3 Å². The molecule has 0 bridgehead atoms. The lowest BCUT2D eigenvalue weighted by Gasteiger charge is -2.11. The van der Waals surface area contributed by atoms with Gasteiger partial charge in [-0.25, -0.2) is 4.98 Å². The van der Waals surface area contributed by atoms with Crippen molar-refractivity contribution in [1.29, 1.82) is 0 Å². The highest BCUT2D eigenvalue weighted by molar-refractivity contribution is 7.13. The summed E-state index contributed by atoms with van der Waals surface area (Å²) in [7, 11) is 0. The number of thiophene rings is 1. The summed E-state index contributed by atoms with van der Waals surface area (Å²) in [6.07, 6.45) is 5.93. The second-order valence-electron chi connectivity index (χ2n) is 3.67. The fourth-order valence-electron chi connectivity index (χ4n) is 1.96. The van der Waals surface area contributed by atoms with Crippen LogP contribution in [0, 0.1) is 0 Å². The first-order valence-corrected chi connectivity index (χ1v) is 5.91. The molecule has 0 spiro atoms. The molecular formula is C11H12N2S. The number of hydrogen-bond acceptors (Lipinski definition) is 2. The lowest BCUT2D eigenvalue weighted by molar-refractivity contribution is 0.522. The minimum Gasteiger partial charge on any atom is -0.334 e. The van der Waals surface area contributed by atoms with Gasteiger partial charge in [0.15, 0.2) is 0 Å². The molecule has 0 fully saturated rings. The predicted molar refractivity (Wildman–Crippen MR) is 58.5 cm³/mol. The maximum absolute atomic E-state index is 4.67. The molecule has 0 unspecified atom stereocenters. The van der Waals surface area contributed by atoms with Crippen molar-refractivity contribution >= 4 is 11.3 Å². The van der Waals surface area contributed by atoms with Gasteiger partial charge in [-0.3, -0.25) is 0 Å². The largest absolute Gasteiger partial charge is 0.334 e. The molecule has 2 nitrogen and oxygen atoms in total. The Kier molecular flexibility index (Phi) is 1.91. The van der Waals surface area contributed by atoms with Gasteiger partial charge in [0.1, 0.15) is 5.82 Å². The van der Waals surface area contributed by atoms with E-state index < -0.39 is 0 Å². The molecule has 72 valence electrons. The molecule has 1 aliphatic rings. The normalized spacial score (nSPS) is 15.4. The Hall–Kier alpha value is -1.09. The Morgan fingerprint density at radius 2 is 2.36 bits per heavy atom. The fraction of sp³-hybridized carbons (Fsp3) is 0.364. The van der Waals surface area contributed by atoms with Crippen LogP contribution in [0.3, 0.4) is 0 Å². The Balaban J connectivity index is 2.04. The van der Waals surface area contributed by atoms with Crippen molar-refractivity contribution in [2.45, 2.75) is 25.8 Å². The molecule has 2 aromatic rings. The van der Waals surface area contributed by atoms with Crippen molar-refractivity contribution in [3.8, 4) is 10.6 Å². The molecule has 3 heterocycles. The summed E-state index contributed by atoms with van der Waals surface area (Å²) < 4.78 is 2.30. The van der Waals surface area contributed by atoms with Gasteiger partial charge in [0.2, 0.25) is 0 Å². The zero-order valence-corrected chi connectivity index (χ0v) is 8.76. The summed E-state index contributed by atoms with van der Waals surface area (Å²) in [5.41, 5.74) is 1.15.